The molecule has 0 unspecified atom stereocenters. The van der Waals surface area contributed by atoms with Crippen molar-refractivity contribution in [2.45, 2.75) is 26.0 Å². The molecule has 1 aliphatic heterocycles. The summed E-state index contributed by atoms with van der Waals surface area (Å²) in [5.74, 6) is 0.226. The van der Waals surface area contributed by atoms with Gasteiger partial charge in [0, 0.05) is 25.5 Å². The molecule has 0 aliphatic carbocycles. The quantitative estimate of drug-likeness (QED) is 0.809. The summed E-state index contributed by atoms with van der Waals surface area (Å²) in [6.07, 6.45) is 3.79. The van der Waals surface area contributed by atoms with Crippen molar-refractivity contribution in [1.29, 1.82) is 0 Å². The zero-order valence-electron chi connectivity index (χ0n) is 13.5. The number of aryl methyl sites for hydroxylation is 1. The van der Waals surface area contributed by atoms with E-state index in [0.29, 0.717) is 18.0 Å². The van der Waals surface area contributed by atoms with Crippen LogP contribution < -0.4 is 15.0 Å². The summed E-state index contributed by atoms with van der Waals surface area (Å²) in [5.41, 5.74) is 0.632. The van der Waals surface area contributed by atoms with Crippen molar-refractivity contribution in [3.63, 3.8) is 0 Å². The fraction of sp³-hybridized carbons (Fsp3) is 0.353. The molecule has 1 N–H and O–H groups in total. The molecule has 7 heteroatoms. The maximum atomic E-state index is 12.3. The number of carbonyl (C=O) groups is 2. The highest BCUT2D eigenvalue weighted by Crippen LogP contribution is 2.33. The lowest BCUT2D eigenvalue weighted by atomic mass is 10.2. The maximum absolute atomic E-state index is 12.3. The fourth-order valence-electron chi connectivity index (χ4n) is 2.62. The van der Waals surface area contributed by atoms with E-state index in [9.17, 15) is 9.59 Å². The summed E-state index contributed by atoms with van der Waals surface area (Å²) in [7, 11) is 0. The second-order valence-corrected chi connectivity index (χ2v) is 5.62. The average molecular weight is 328 g/mol. The SMILES string of the molecule is C[C@H]1Oc2ccccc2N(CC(=O)NCCCn2cccn2)C1=O. The van der Waals surface area contributed by atoms with E-state index in [1.165, 1.54) is 4.90 Å². The van der Waals surface area contributed by atoms with Gasteiger partial charge < -0.3 is 10.1 Å². The molecule has 7 nitrogen and oxygen atoms in total. The number of hydrogen-bond donors (Lipinski definition) is 1. The second kappa shape index (κ2) is 7.16. The van der Waals surface area contributed by atoms with Gasteiger partial charge in [-0.15, -0.1) is 0 Å². The number of nitrogens with one attached hydrogen (secondary N) is 1. The molecule has 126 valence electrons. The lowest BCUT2D eigenvalue weighted by Gasteiger charge is -2.32. The van der Waals surface area contributed by atoms with Crippen molar-refractivity contribution in [1.82, 2.24) is 15.1 Å². The van der Waals surface area contributed by atoms with Crippen molar-refractivity contribution < 1.29 is 14.3 Å². The first-order valence-corrected chi connectivity index (χ1v) is 7.96. The van der Waals surface area contributed by atoms with E-state index in [0.717, 1.165) is 13.0 Å². The molecule has 0 fully saturated rings. The van der Waals surface area contributed by atoms with Crippen molar-refractivity contribution in [3.8, 4) is 5.75 Å². The van der Waals surface area contributed by atoms with Crippen molar-refractivity contribution in [2.24, 2.45) is 0 Å². The van der Waals surface area contributed by atoms with Gasteiger partial charge in [-0.05, 0) is 31.5 Å². The molecule has 2 aromatic rings. The molecular weight excluding hydrogens is 308 g/mol. The zero-order chi connectivity index (χ0) is 16.9. The summed E-state index contributed by atoms with van der Waals surface area (Å²) in [6, 6.07) is 9.11. The lowest BCUT2D eigenvalue weighted by molar-refractivity contribution is -0.128. The first-order valence-electron chi connectivity index (χ1n) is 7.96. The first kappa shape index (κ1) is 16.0. The molecule has 1 atom stereocenters. The Bertz CT molecular complexity index is 714. The standard InChI is InChI=1S/C17H20N4O3/c1-13-17(23)21(14-6-2-3-7-15(14)24-13)12-16(22)18-8-4-10-20-11-5-9-19-20/h2-3,5-7,9,11,13H,4,8,10,12H2,1H3,(H,18,22)/t13-/m1/s1. The smallest absolute Gasteiger partial charge is 0.268 e. The van der Waals surface area contributed by atoms with E-state index in [1.807, 2.05) is 29.1 Å². The lowest BCUT2D eigenvalue weighted by Crippen LogP contribution is -2.48. The van der Waals surface area contributed by atoms with Gasteiger partial charge in [-0.3, -0.25) is 19.2 Å². The minimum absolute atomic E-state index is 0.00861. The van der Waals surface area contributed by atoms with Gasteiger partial charge in [-0.25, -0.2) is 0 Å². The van der Waals surface area contributed by atoms with Crippen LogP contribution in [0.5, 0.6) is 5.75 Å². The predicted octanol–water partition coefficient (Wildman–Crippen LogP) is 1.20. The van der Waals surface area contributed by atoms with Crippen molar-refractivity contribution in [3.05, 3.63) is 42.7 Å². The van der Waals surface area contributed by atoms with Crippen LogP contribution >= 0.6 is 0 Å². The molecule has 0 radical (unpaired) electrons. The minimum Gasteiger partial charge on any atom is -0.479 e. The Hall–Kier alpha value is -2.83. The number of ether oxygens (including phenoxy) is 1. The highest BCUT2D eigenvalue weighted by Gasteiger charge is 2.32. The largest absolute Gasteiger partial charge is 0.479 e. The number of amides is 2. The molecule has 0 bridgehead atoms. The van der Waals surface area contributed by atoms with E-state index < -0.39 is 6.10 Å². The third-order valence-electron chi connectivity index (χ3n) is 3.82. The molecule has 1 aromatic carbocycles. The van der Waals surface area contributed by atoms with Crippen LogP contribution in [0.3, 0.4) is 0 Å². The number of nitrogens with zero attached hydrogens (tertiary/aromatic N) is 3. The third-order valence-corrected chi connectivity index (χ3v) is 3.82. The minimum atomic E-state index is -0.590. The Balaban J connectivity index is 1.54. The van der Waals surface area contributed by atoms with Crippen LogP contribution in [0.4, 0.5) is 5.69 Å². The topological polar surface area (TPSA) is 76.5 Å². The van der Waals surface area contributed by atoms with Crippen molar-refractivity contribution >= 4 is 17.5 Å². The Morgan fingerprint density at radius 1 is 1.33 bits per heavy atom. The Labute approximate surface area is 140 Å². The molecule has 0 saturated heterocycles. The first-order chi connectivity index (χ1) is 11.6. The van der Waals surface area contributed by atoms with Crippen molar-refractivity contribution in [2.75, 3.05) is 18.0 Å². The van der Waals surface area contributed by atoms with Crippen LogP contribution in [-0.4, -0.2) is 40.8 Å². The van der Waals surface area contributed by atoms with Gasteiger partial charge >= 0.3 is 0 Å². The zero-order valence-corrected chi connectivity index (χ0v) is 13.5. The Kier molecular flexibility index (Phi) is 4.79. The number of hydrogen-bond acceptors (Lipinski definition) is 4. The summed E-state index contributed by atoms with van der Waals surface area (Å²) in [6.45, 7) is 2.95. The summed E-state index contributed by atoms with van der Waals surface area (Å²) < 4.78 is 7.38. The van der Waals surface area contributed by atoms with Gasteiger partial charge in [0.15, 0.2) is 6.10 Å². The molecule has 2 heterocycles. The molecular formula is C17H20N4O3. The van der Waals surface area contributed by atoms with Crippen LogP contribution in [0.2, 0.25) is 0 Å². The molecule has 2 amide bonds. The van der Waals surface area contributed by atoms with Crippen LogP contribution in [0.15, 0.2) is 42.7 Å². The van der Waals surface area contributed by atoms with Crippen LogP contribution in [-0.2, 0) is 16.1 Å². The molecule has 24 heavy (non-hydrogen) atoms. The van der Waals surface area contributed by atoms with E-state index in [-0.39, 0.29) is 18.4 Å². The number of aromatic nitrogens is 2. The number of rotatable bonds is 6. The number of carbonyl (C=O) groups excluding carboxylic acids is 2. The number of benzene rings is 1. The Morgan fingerprint density at radius 2 is 2.17 bits per heavy atom. The van der Waals surface area contributed by atoms with Crippen LogP contribution in [0.25, 0.3) is 0 Å². The van der Waals surface area contributed by atoms with Gasteiger partial charge in [0.25, 0.3) is 5.91 Å². The fourth-order valence-corrected chi connectivity index (χ4v) is 2.62. The molecule has 1 aromatic heterocycles. The van der Waals surface area contributed by atoms with Gasteiger partial charge in [-0.1, -0.05) is 12.1 Å². The van der Waals surface area contributed by atoms with E-state index in [2.05, 4.69) is 10.4 Å². The van der Waals surface area contributed by atoms with E-state index in [1.54, 1.807) is 25.3 Å². The Morgan fingerprint density at radius 3 is 2.96 bits per heavy atom. The predicted molar refractivity (Wildman–Crippen MR) is 88.7 cm³/mol. The maximum Gasteiger partial charge on any atom is 0.268 e. The third kappa shape index (κ3) is 3.56. The highest BCUT2D eigenvalue weighted by molar-refractivity contribution is 6.03. The van der Waals surface area contributed by atoms with E-state index in [4.69, 9.17) is 4.74 Å². The van der Waals surface area contributed by atoms with Gasteiger partial charge in [-0.2, -0.15) is 5.10 Å². The summed E-state index contributed by atoms with van der Waals surface area (Å²) >= 11 is 0. The number of anilines is 1. The molecule has 0 spiro atoms. The van der Waals surface area contributed by atoms with Gasteiger partial charge in [0.05, 0.1) is 5.69 Å². The normalized spacial score (nSPS) is 16.5. The molecule has 0 saturated carbocycles. The van der Waals surface area contributed by atoms with E-state index >= 15 is 0 Å². The van der Waals surface area contributed by atoms with Gasteiger partial charge in [0.1, 0.15) is 12.3 Å². The number of para-hydroxylation sites is 2. The monoisotopic (exact) mass is 328 g/mol. The number of fused-ring (bicyclic) bond motifs is 1. The highest BCUT2D eigenvalue weighted by atomic mass is 16.5. The average Bonchev–Trinajstić information content (AvgIpc) is 3.09. The van der Waals surface area contributed by atoms with Crippen LogP contribution in [0, 0.1) is 0 Å². The van der Waals surface area contributed by atoms with Crippen LogP contribution in [0.1, 0.15) is 13.3 Å². The molecule has 3 rings (SSSR count). The summed E-state index contributed by atoms with van der Waals surface area (Å²) in [5, 5.41) is 6.95. The second-order valence-electron chi connectivity index (χ2n) is 5.62. The van der Waals surface area contributed by atoms with Gasteiger partial charge in [0.2, 0.25) is 5.91 Å². The molecule has 1 aliphatic rings. The summed E-state index contributed by atoms with van der Waals surface area (Å²) in [4.78, 5) is 26.0.